The van der Waals surface area contributed by atoms with Gasteiger partial charge in [0.15, 0.2) is 0 Å². The summed E-state index contributed by atoms with van der Waals surface area (Å²) in [5.74, 6) is 2.96. The third-order valence-corrected chi connectivity index (χ3v) is 7.55. The molecule has 4 fully saturated rings. The van der Waals surface area contributed by atoms with Gasteiger partial charge in [-0.15, -0.1) is 0 Å². The van der Waals surface area contributed by atoms with Crippen LogP contribution in [-0.4, -0.2) is 25.5 Å². The third kappa shape index (κ3) is 4.25. The predicted octanol–water partition coefficient (Wildman–Crippen LogP) is 4.71. The molecule has 4 aliphatic carbocycles. The fraction of sp³-hybridized carbons (Fsp3) is 0.652. The van der Waals surface area contributed by atoms with Crippen molar-refractivity contribution in [2.24, 2.45) is 23.2 Å². The van der Waals surface area contributed by atoms with E-state index < -0.39 is 0 Å². The van der Waals surface area contributed by atoms with Crippen molar-refractivity contribution < 1.29 is 14.3 Å². The maximum Gasteiger partial charge on any atom is 0.226 e. The van der Waals surface area contributed by atoms with Crippen LogP contribution in [0.5, 0.6) is 5.75 Å². The fourth-order valence-electron chi connectivity index (χ4n) is 6.17. The largest absolute Gasteiger partial charge is 0.495 e. The van der Waals surface area contributed by atoms with E-state index in [1.54, 1.807) is 13.2 Å². The molecule has 4 bridgehead atoms. The Kier molecular flexibility index (Phi) is 5.78. The van der Waals surface area contributed by atoms with Crippen LogP contribution in [0.1, 0.15) is 56.9 Å². The standard InChI is InChI=1S/C23H31ClN2O3/c1-14-6-19(20(29-2)10-18(14)24)26-21(27)4-3-5-25-22(28)23-11-15-7-16(12-23)9-17(8-15)13-23/h6,10,15-17H,3-5,7-9,11-13H2,1-2H3,(H,25,28)(H,26,27). The molecular weight excluding hydrogens is 388 g/mol. The summed E-state index contributed by atoms with van der Waals surface area (Å²) in [7, 11) is 1.55. The van der Waals surface area contributed by atoms with Crippen LogP contribution in [0.3, 0.4) is 0 Å². The minimum atomic E-state index is -0.120. The SMILES string of the molecule is COc1cc(Cl)c(C)cc1NC(=O)CCCNC(=O)C12CC3CC(CC(C3)C1)C2. The van der Waals surface area contributed by atoms with Gasteiger partial charge in [-0.1, -0.05) is 11.6 Å². The Hall–Kier alpha value is -1.75. The number of aryl methyl sites for hydroxylation is 1. The Labute approximate surface area is 177 Å². The third-order valence-electron chi connectivity index (χ3n) is 7.14. The molecule has 2 amide bonds. The highest BCUT2D eigenvalue weighted by molar-refractivity contribution is 6.31. The molecule has 2 N–H and O–H groups in total. The Morgan fingerprint density at radius 2 is 1.76 bits per heavy atom. The molecule has 0 unspecified atom stereocenters. The first kappa shape index (κ1) is 20.5. The van der Waals surface area contributed by atoms with Crippen molar-refractivity contribution in [3.63, 3.8) is 0 Å². The van der Waals surface area contributed by atoms with Gasteiger partial charge < -0.3 is 15.4 Å². The Morgan fingerprint density at radius 1 is 1.14 bits per heavy atom. The highest BCUT2D eigenvalue weighted by Gasteiger charge is 2.54. The minimum absolute atomic E-state index is 0.0888. The minimum Gasteiger partial charge on any atom is -0.495 e. The number of nitrogens with one attached hydrogen (secondary N) is 2. The van der Waals surface area contributed by atoms with Gasteiger partial charge in [-0.05, 0) is 81.3 Å². The summed E-state index contributed by atoms with van der Waals surface area (Å²) in [5, 5.41) is 6.63. The first-order valence-corrected chi connectivity index (χ1v) is 11.2. The van der Waals surface area contributed by atoms with Gasteiger partial charge in [-0.3, -0.25) is 9.59 Å². The van der Waals surface area contributed by atoms with Crippen molar-refractivity contribution in [1.29, 1.82) is 0 Å². The molecule has 1 aromatic carbocycles. The molecule has 4 saturated carbocycles. The van der Waals surface area contributed by atoms with E-state index in [2.05, 4.69) is 10.6 Å². The monoisotopic (exact) mass is 418 g/mol. The normalized spacial score (nSPS) is 29.6. The molecule has 0 aromatic heterocycles. The number of ether oxygens (including phenoxy) is 1. The topological polar surface area (TPSA) is 67.4 Å². The predicted molar refractivity (Wildman–Crippen MR) is 114 cm³/mol. The van der Waals surface area contributed by atoms with E-state index in [1.165, 1.54) is 19.3 Å². The summed E-state index contributed by atoms with van der Waals surface area (Å²) in [6.07, 6.45) is 8.19. The van der Waals surface area contributed by atoms with Crippen LogP contribution < -0.4 is 15.4 Å². The van der Waals surface area contributed by atoms with Crippen LogP contribution in [-0.2, 0) is 9.59 Å². The van der Waals surface area contributed by atoms with E-state index in [-0.39, 0.29) is 17.2 Å². The zero-order chi connectivity index (χ0) is 20.6. The molecule has 0 spiro atoms. The van der Waals surface area contributed by atoms with Gasteiger partial charge in [0.25, 0.3) is 0 Å². The first-order valence-electron chi connectivity index (χ1n) is 10.8. The van der Waals surface area contributed by atoms with Gasteiger partial charge >= 0.3 is 0 Å². The lowest BCUT2D eigenvalue weighted by Crippen LogP contribution is -2.53. The van der Waals surface area contributed by atoms with Crippen LogP contribution >= 0.6 is 11.6 Å². The Morgan fingerprint density at radius 3 is 2.34 bits per heavy atom. The first-order chi connectivity index (χ1) is 13.9. The van der Waals surface area contributed by atoms with Gasteiger partial charge in [0.05, 0.1) is 12.8 Å². The number of amides is 2. The zero-order valence-electron chi connectivity index (χ0n) is 17.4. The van der Waals surface area contributed by atoms with Crippen LogP contribution in [0.4, 0.5) is 5.69 Å². The number of hydrogen-bond acceptors (Lipinski definition) is 3. The summed E-state index contributed by atoms with van der Waals surface area (Å²) in [6, 6.07) is 3.52. The molecule has 4 aliphatic rings. The van der Waals surface area contributed by atoms with E-state index in [1.807, 2.05) is 13.0 Å². The van der Waals surface area contributed by atoms with Crippen molar-refractivity contribution in [3.05, 3.63) is 22.7 Å². The van der Waals surface area contributed by atoms with Gasteiger partial charge in [0.2, 0.25) is 11.8 Å². The fourth-order valence-corrected chi connectivity index (χ4v) is 6.32. The number of methoxy groups -OCH3 is 1. The highest BCUT2D eigenvalue weighted by atomic mass is 35.5. The van der Waals surface area contributed by atoms with Gasteiger partial charge in [0, 0.05) is 29.5 Å². The summed E-state index contributed by atoms with van der Waals surface area (Å²) in [6.45, 7) is 2.43. The number of rotatable bonds is 7. The van der Waals surface area contributed by atoms with Gasteiger partial charge in [-0.25, -0.2) is 0 Å². The number of hydrogen-bond donors (Lipinski definition) is 2. The molecule has 0 heterocycles. The van der Waals surface area contributed by atoms with Crippen molar-refractivity contribution in [3.8, 4) is 5.75 Å². The average molecular weight is 419 g/mol. The molecule has 0 aliphatic heterocycles. The van der Waals surface area contributed by atoms with E-state index in [0.717, 1.165) is 42.6 Å². The van der Waals surface area contributed by atoms with Crippen molar-refractivity contribution in [1.82, 2.24) is 5.32 Å². The Bertz CT molecular complexity index is 772. The van der Waals surface area contributed by atoms with Crippen LogP contribution in [0.2, 0.25) is 5.02 Å². The van der Waals surface area contributed by atoms with E-state index in [4.69, 9.17) is 16.3 Å². The van der Waals surface area contributed by atoms with Crippen molar-refractivity contribution in [2.45, 2.75) is 58.3 Å². The number of halogens is 1. The van der Waals surface area contributed by atoms with Crippen molar-refractivity contribution >= 4 is 29.1 Å². The number of anilines is 1. The molecule has 0 atom stereocenters. The maximum atomic E-state index is 12.9. The molecule has 158 valence electrons. The average Bonchev–Trinajstić information content (AvgIpc) is 2.66. The van der Waals surface area contributed by atoms with Gasteiger partial charge in [0.1, 0.15) is 5.75 Å². The molecule has 6 heteroatoms. The molecule has 29 heavy (non-hydrogen) atoms. The van der Waals surface area contributed by atoms with E-state index in [9.17, 15) is 9.59 Å². The van der Waals surface area contributed by atoms with Crippen molar-refractivity contribution in [2.75, 3.05) is 19.0 Å². The quantitative estimate of drug-likeness (QED) is 0.630. The number of carbonyl (C=O) groups excluding carboxylic acids is 2. The lowest BCUT2D eigenvalue weighted by Gasteiger charge is -2.55. The lowest BCUT2D eigenvalue weighted by molar-refractivity contribution is -0.146. The summed E-state index contributed by atoms with van der Waals surface area (Å²) < 4.78 is 5.30. The second kappa shape index (κ2) is 8.17. The summed E-state index contributed by atoms with van der Waals surface area (Å²) in [4.78, 5) is 25.3. The maximum absolute atomic E-state index is 12.9. The highest BCUT2D eigenvalue weighted by Crippen LogP contribution is 2.60. The van der Waals surface area contributed by atoms with Crippen LogP contribution in [0.25, 0.3) is 0 Å². The number of benzene rings is 1. The van der Waals surface area contributed by atoms with E-state index >= 15 is 0 Å². The molecule has 5 nitrogen and oxygen atoms in total. The van der Waals surface area contributed by atoms with Crippen LogP contribution in [0, 0.1) is 30.1 Å². The second-order valence-electron chi connectivity index (χ2n) is 9.41. The molecule has 0 saturated heterocycles. The lowest BCUT2D eigenvalue weighted by atomic mass is 9.49. The Balaban J connectivity index is 1.24. The summed E-state index contributed by atoms with van der Waals surface area (Å²) in [5.41, 5.74) is 1.38. The number of carbonyl (C=O) groups is 2. The van der Waals surface area contributed by atoms with Gasteiger partial charge in [-0.2, -0.15) is 0 Å². The summed E-state index contributed by atoms with van der Waals surface area (Å²) >= 11 is 6.11. The van der Waals surface area contributed by atoms with E-state index in [0.29, 0.717) is 35.8 Å². The van der Waals surface area contributed by atoms with Crippen LogP contribution in [0.15, 0.2) is 12.1 Å². The zero-order valence-corrected chi connectivity index (χ0v) is 18.1. The molecule has 1 aromatic rings. The molecule has 5 rings (SSSR count). The second-order valence-corrected chi connectivity index (χ2v) is 9.81. The smallest absolute Gasteiger partial charge is 0.226 e. The molecular formula is C23H31ClN2O3. The molecule has 0 radical (unpaired) electrons.